The summed E-state index contributed by atoms with van der Waals surface area (Å²) in [4.78, 5) is 73.3. The molecule has 6 aromatic rings. The molecular weight excluding hydrogens is 1060 g/mol. The molecule has 0 aromatic carbocycles. The molecular formula is C34H22Ag2F12N6O4P2. The molecule has 0 amide bonds. The molecule has 0 saturated heterocycles. The second-order valence-electron chi connectivity index (χ2n) is 11.0. The summed E-state index contributed by atoms with van der Waals surface area (Å²) in [6.07, 6.45) is 12.3. The van der Waals surface area contributed by atoms with Crippen LogP contribution < -0.4 is 0 Å². The van der Waals surface area contributed by atoms with Crippen LogP contribution in [0.2, 0.25) is 0 Å². The first kappa shape index (κ1) is 53.1. The Morgan fingerprint density at radius 3 is 0.617 bits per heavy atom. The Balaban J connectivity index is 0.000000447. The molecule has 0 spiro atoms. The third kappa shape index (κ3) is 23.0. The molecule has 0 fully saturated rings. The number of carbonyl (C=O) groups excluding carboxylic acids is 4. The van der Waals surface area contributed by atoms with Crippen LogP contribution in [0.3, 0.4) is 0 Å². The minimum atomic E-state index is -10.7. The van der Waals surface area contributed by atoms with Crippen molar-refractivity contribution in [3.8, 4) is 0 Å². The Hall–Kier alpha value is -4.92. The molecule has 0 aliphatic carbocycles. The zero-order valence-corrected chi connectivity index (χ0v) is 33.8. The van der Waals surface area contributed by atoms with E-state index in [0.717, 1.165) is 0 Å². The molecule has 0 aliphatic rings. The summed E-state index contributed by atoms with van der Waals surface area (Å²) in [5, 5.41) is 0. The van der Waals surface area contributed by atoms with Crippen LogP contribution in [-0.2, 0) is 44.8 Å². The Bertz CT molecular complexity index is 2090. The van der Waals surface area contributed by atoms with Gasteiger partial charge in [-0.1, -0.05) is 12.1 Å². The van der Waals surface area contributed by atoms with E-state index >= 15 is 0 Å². The summed E-state index contributed by atoms with van der Waals surface area (Å²) in [7, 11) is -21.3. The molecule has 6 heterocycles. The predicted molar refractivity (Wildman–Crippen MR) is 186 cm³/mol. The molecule has 0 radical (unpaired) electrons. The zero-order valence-electron chi connectivity index (χ0n) is 29.1. The fraction of sp³-hybridized carbons (Fsp3) is 0. The van der Waals surface area contributed by atoms with Gasteiger partial charge in [0.2, 0.25) is 23.1 Å². The van der Waals surface area contributed by atoms with Gasteiger partial charge in [-0.2, -0.15) is 0 Å². The van der Waals surface area contributed by atoms with Crippen LogP contribution in [-0.4, -0.2) is 53.0 Å². The zero-order chi connectivity index (χ0) is 43.5. The summed E-state index contributed by atoms with van der Waals surface area (Å²) in [5.41, 5.74) is 2.84. The van der Waals surface area contributed by atoms with Gasteiger partial charge in [0.1, 0.15) is 22.8 Å². The SMILES string of the molecule is F[P-](F)(F)(F)(F)F.F[P-](F)(F)(F)(F)F.O=C(c1ccncc1)c1cccc(C(=O)c2ccncc2)n1.O=C(c1ccncc1)c1cccc(C(=O)c2ccncc2)n1.[Ag+].[Ag+]. The quantitative estimate of drug-likeness (QED) is 0.0625. The van der Waals surface area contributed by atoms with E-state index in [0.29, 0.717) is 22.3 Å². The minimum Gasteiger partial charge on any atom is -0.287 e. The van der Waals surface area contributed by atoms with Gasteiger partial charge in [0.25, 0.3) is 0 Å². The van der Waals surface area contributed by atoms with E-state index < -0.39 is 15.6 Å². The van der Waals surface area contributed by atoms with Gasteiger partial charge in [-0.25, -0.2) is 9.97 Å². The van der Waals surface area contributed by atoms with Crippen molar-refractivity contribution < 1.29 is 114 Å². The fourth-order valence-electron chi connectivity index (χ4n) is 3.98. The average Bonchev–Trinajstić information content (AvgIpc) is 3.16. The number of rotatable bonds is 8. The van der Waals surface area contributed by atoms with Crippen molar-refractivity contribution in [2.45, 2.75) is 0 Å². The molecule has 0 unspecified atom stereocenters. The molecule has 0 bridgehead atoms. The van der Waals surface area contributed by atoms with Crippen molar-refractivity contribution in [1.82, 2.24) is 29.9 Å². The number of hydrogen-bond donors (Lipinski definition) is 0. The number of halogens is 12. The van der Waals surface area contributed by atoms with Gasteiger partial charge in [0.05, 0.1) is 0 Å². The summed E-state index contributed by atoms with van der Waals surface area (Å²) in [6.45, 7) is 0. The maximum absolute atomic E-state index is 12.3. The van der Waals surface area contributed by atoms with Gasteiger partial charge in [0, 0.05) is 71.8 Å². The van der Waals surface area contributed by atoms with E-state index in [9.17, 15) is 69.5 Å². The third-order valence-corrected chi connectivity index (χ3v) is 6.20. The number of aromatic nitrogens is 6. The van der Waals surface area contributed by atoms with E-state index in [4.69, 9.17) is 0 Å². The van der Waals surface area contributed by atoms with Crippen molar-refractivity contribution in [2.75, 3.05) is 0 Å². The van der Waals surface area contributed by atoms with Gasteiger partial charge < -0.3 is 0 Å². The topological polar surface area (TPSA) is 146 Å². The van der Waals surface area contributed by atoms with Crippen LogP contribution in [0, 0.1) is 0 Å². The van der Waals surface area contributed by atoms with Crippen LogP contribution in [0.1, 0.15) is 64.2 Å². The monoisotopic (exact) mass is 1080 g/mol. The Labute approximate surface area is 360 Å². The van der Waals surface area contributed by atoms with E-state index in [1.807, 2.05) is 0 Å². The molecule has 328 valence electrons. The average molecular weight is 1080 g/mol. The summed E-state index contributed by atoms with van der Waals surface area (Å²) in [6, 6.07) is 22.6. The van der Waals surface area contributed by atoms with Crippen molar-refractivity contribution in [3.05, 3.63) is 180 Å². The molecule has 0 N–H and O–H groups in total. The summed E-state index contributed by atoms with van der Waals surface area (Å²) < 4.78 is 118. The third-order valence-electron chi connectivity index (χ3n) is 6.20. The molecule has 0 atom stereocenters. The van der Waals surface area contributed by atoms with E-state index in [-0.39, 0.29) is 90.7 Å². The second-order valence-corrected chi connectivity index (χ2v) is 14.8. The van der Waals surface area contributed by atoms with Crippen LogP contribution >= 0.6 is 15.6 Å². The Kier molecular flexibility index (Phi) is 17.0. The molecule has 60 heavy (non-hydrogen) atoms. The Morgan fingerprint density at radius 2 is 0.467 bits per heavy atom. The molecule has 6 rings (SSSR count). The first-order valence-electron chi connectivity index (χ1n) is 15.3. The van der Waals surface area contributed by atoms with Crippen LogP contribution in [0.5, 0.6) is 0 Å². The predicted octanol–water partition coefficient (Wildman–Crippen LogP) is 11.4. The van der Waals surface area contributed by atoms with Crippen molar-refractivity contribution in [3.63, 3.8) is 0 Å². The smallest absolute Gasteiger partial charge is 0.287 e. The molecule has 10 nitrogen and oxygen atoms in total. The van der Waals surface area contributed by atoms with Gasteiger partial charge >= 0.3 is 111 Å². The van der Waals surface area contributed by atoms with Crippen LogP contribution in [0.15, 0.2) is 135 Å². The molecule has 26 heteroatoms. The maximum Gasteiger partial charge on any atom is 1.00 e. The normalized spacial score (nSPS) is 12.9. The first-order valence-corrected chi connectivity index (χ1v) is 19.3. The second kappa shape index (κ2) is 19.2. The Morgan fingerprint density at radius 1 is 0.317 bits per heavy atom. The first-order chi connectivity index (χ1) is 26.4. The van der Waals surface area contributed by atoms with Gasteiger partial charge in [-0.15, -0.1) is 0 Å². The van der Waals surface area contributed by atoms with Crippen molar-refractivity contribution in [2.24, 2.45) is 0 Å². The standard InChI is InChI=1S/2C17H11N3O2.2Ag.2F6P/c2*21-16(12-4-8-18-9-5-12)14-2-1-3-15(20-14)17(22)13-6-10-19-11-7-13;;;2*1-7(2,3,4,5)6/h2*1-11H;;;;/q;;2*+1;2*-1. The molecule has 6 aromatic heterocycles. The summed E-state index contributed by atoms with van der Waals surface area (Å²) in [5.74, 6) is -0.975. The van der Waals surface area contributed by atoms with Gasteiger partial charge in [0.15, 0.2) is 0 Å². The van der Waals surface area contributed by atoms with E-state index in [2.05, 4.69) is 29.9 Å². The number of carbonyl (C=O) groups is 4. The molecule has 0 saturated carbocycles. The number of pyridine rings is 6. The maximum atomic E-state index is 12.3. The van der Waals surface area contributed by atoms with Crippen molar-refractivity contribution in [1.29, 1.82) is 0 Å². The van der Waals surface area contributed by atoms with Crippen molar-refractivity contribution >= 4 is 38.7 Å². The van der Waals surface area contributed by atoms with E-state index in [1.165, 1.54) is 0 Å². The number of nitrogens with zero attached hydrogens (tertiary/aromatic N) is 6. The van der Waals surface area contributed by atoms with Gasteiger partial charge in [-0.05, 0) is 72.8 Å². The number of ketones is 4. The summed E-state index contributed by atoms with van der Waals surface area (Å²) >= 11 is 0. The van der Waals surface area contributed by atoms with E-state index in [1.54, 1.807) is 135 Å². The largest absolute Gasteiger partial charge is 1.00 e. The van der Waals surface area contributed by atoms with Crippen LogP contribution in [0.4, 0.5) is 50.4 Å². The van der Waals surface area contributed by atoms with Gasteiger partial charge in [-0.3, -0.25) is 39.1 Å². The molecule has 0 aliphatic heterocycles. The fourth-order valence-corrected chi connectivity index (χ4v) is 3.98. The number of hydrogen-bond acceptors (Lipinski definition) is 10. The van der Waals surface area contributed by atoms with Crippen LogP contribution in [0.25, 0.3) is 0 Å². The minimum absolute atomic E-state index is 0.